The highest BCUT2D eigenvalue weighted by Gasteiger charge is 2.14. The van der Waals surface area contributed by atoms with Crippen LogP contribution in [0.15, 0.2) is 24.3 Å². The molecule has 1 unspecified atom stereocenters. The van der Waals surface area contributed by atoms with Crippen molar-refractivity contribution in [2.24, 2.45) is 5.73 Å². The van der Waals surface area contributed by atoms with E-state index in [1.54, 1.807) is 13.8 Å². The zero-order valence-electron chi connectivity index (χ0n) is 12.6. The molecule has 0 amide bonds. The van der Waals surface area contributed by atoms with E-state index in [-0.39, 0.29) is 18.4 Å². The predicted octanol–water partition coefficient (Wildman–Crippen LogP) is 1.62. The van der Waals surface area contributed by atoms with Crippen molar-refractivity contribution < 1.29 is 19.1 Å². The lowest BCUT2D eigenvalue weighted by Gasteiger charge is -2.10. The van der Waals surface area contributed by atoms with Crippen molar-refractivity contribution in [2.75, 3.05) is 13.2 Å². The van der Waals surface area contributed by atoms with E-state index in [1.807, 2.05) is 24.3 Å². The van der Waals surface area contributed by atoms with Gasteiger partial charge in [0.05, 0.1) is 19.6 Å². The van der Waals surface area contributed by atoms with Crippen molar-refractivity contribution in [2.45, 2.75) is 39.2 Å². The third kappa shape index (κ3) is 6.40. The van der Waals surface area contributed by atoms with Crippen LogP contribution >= 0.6 is 0 Å². The molecule has 0 saturated heterocycles. The van der Waals surface area contributed by atoms with Gasteiger partial charge < -0.3 is 15.2 Å². The number of aryl methyl sites for hydroxylation is 1. The minimum absolute atomic E-state index is 0.227. The molecule has 0 aliphatic rings. The minimum Gasteiger partial charge on any atom is -0.466 e. The highest BCUT2D eigenvalue weighted by atomic mass is 16.5. The molecule has 0 fully saturated rings. The Hall–Kier alpha value is -1.88. The number of esters is 2. The van der Waals surface area contributed by atoms with E-state index in [4.69, 9.17) is 15.2 Å². The molecule has 116 valence electrons. The van der Waals surface area contributed by atoms with Crippen LogP contribution in [-0.4, -0.2) is 31.2 Å². The van der Waals surface area contributed by atoms with Gasteiger partial charge in [0.2, 0.25) is 0 Å². The van der Waals surface area contributed by atoms with Crippen LogP contribution in [0.4, 0.5) is 0 Å². The highest BCUT2D eigenvalue weighted by molar-refractivity contribution is 5.75. The Bertz CT molecular complexity index is 456. The first-order valence-corrected chi connectivity index (χ1v) is 7.22. The van der Waals surface area contributed by atoms with E-state index >= 15 is 0 Å². The van der Waals surface area contributed by atoms with E-state index < -0.39 is 6.04 Å². The molecule has 1 aromatic rings. The average Bonchev–Trinajstić information content (AvgIpc) is 2.46. The Kier molecular flexibility index (Phi) is 7.46. The van der Waals surface area contributed by atoms with Crippen molar-refractivity contribution in [1.82, 2.24) is 0 Å². The normalized spacial score (nSPS) is 11.8. The minimum atomic E-state index is -0.593. The number of nitrogens with two attached hydrogens (primary N) is 1. The summed E-state index contributed by atoms with van der Waals surface area (Å²) in [6, 6.07) is 7.06. The molecule has 0 spiro atoms. The van der Waals surface area contributed by atoms with Gasteiger partial charge in [0, 0.05) is 0 Å². The van der Waals surface area contributed by atoms with Crippen LogP contribution < -0.4 is 5.73 Å². The van der Waals surface area contributed by atoms with Gasteiger partial charge in [-0.2, -0.15) is 0 Å². The molecule has 0 aliphatic carbocycles. The molecular weight excluding hydrogens is 270 g/mol. The molecule has 1 rings (SSSR count). The number of benzene rings is 1. The fourth-order valence-corrected chi connectivity index (χ4v) is 1.89. The zero-order chi connectivity index (χ0) is 15.7. The maximum absolute atomic E-state index is 11.4. The summed E-state index contributed by atoms with van der Waals surface area (Å²) in [7, 11) is 0. The number of rotatable bonds is 8. The summed E-state index contributed by atoms with van der Waals surface area (Å²) in [4.78, 5) is 22.8. The Morgan fingerprint density at radius 1 is 1.05 bits per heavy atom. The molecule has 0 radical (unpaired) electrons. The monoisotopic (exact) mass is 293 g/mol. The number of carbonyl (C=O) groups is 2. The van der Waals surface area contributed by atoms with Crippen molar-refractivity contribution in [3.05, 3.63) is 35.4 Å². The lowest BCUT2D eigenvalue weighted by molar-refractivity contribution is -0.145. The van der Waals surface area contributed by atoms with E-state index in [1.165, 1.54) is 0 Å². The van der Waals surface area contributed by atoms with Gasteiger partial charge in [-0.1, -0.05) is 24.3 Å². The van der Waals surface area contributed by atoms with Gasteiger partial charge in [0.1, 0.15) is 6.04 Å². The SMILES string of the molecule is CCOC(=O)Cc1ccc(CCC(N)C(=O)OCC)cc1. The Labute approximate surface area is 125 Å². The lowest BCUT2D eigenvalue weighted by Crippen LogP contribution is -2.32. The average molecular weight is 293 g/mol. The van der Waals surface area contributed by atoms with E-state index in [0.717, 1.165) is 11.1 Å². The van der Waals surface area contributed by atoms with E-state index in [2.05, 4.69) is 0 Å². The van der Waals surface area contributed by atoms with Gasteiger partial charge in [0.15, 0.2) is 0 Å². The van der Waals surface area contributed by atoms with Crippen LogP contribution in [0, 0.1) is 0 Å². The summed E-state index contributed by atoms with van der Waals surface area (Å²) >= 11 is 0. The number of carbonyl (C=O) groups excluding carboxylic acids is 2. The van der Waals surface area contributed by atoms with E-state index in [9.17, 15) is 9.59 Å². The summed E-state index contributed by atoms with van der Waals surface area (Å²) in [5.41, 5.74) is 7.73. The fraction of sp³-hybridized carbons (Fsp3) is 0.500. The second-order valence-corrected chi connectivity index (χ2v) is 4.70. The summed E-state index contributed by atoms with van der Waals surface area (Å²) in [6.45, 7) is 4.28. The summed E-state index contributed by atoms with van der Waals surface area (Å²) in [6.07, 6.45) is 1.51. The van der Waals surface area contributed by atoms with Crippen LogP contribution in [0.2, 0.25) is 0 Å². The van der Waals surface area contributed by atoms with Crippen molar-refractivity contribution in [3.63, 3.8) is 0 Å². The van der Waals surface area contributed by atoms with Crippen LogP contribution in [0.5, 0.6) is 0 Å². The van der Waals surface area contributed by atoms with Gasteiger partial charge in [-0.3, -0.25) is 9.59 Å². The maximum Gasteiger partial charge on any atom is 0.322 e. The zero-order valence-corrected chi connectivity index (χ0v) is 12.6. The second-order valence-electron chi connectivity index (χ2n) is 4.70. The fourth-order valence-electron chi connectivity index (χ4n) is 1.89. The van der Waals surface area contributed by atoms with E-state index in [0.29, 0.717) is 26.1 Å². The molecule has 2 N–H and O–H groups in total. The summed E-state index contributed by atoms with van der Waals surface area (Å²) in [5.74, 6) is -0.592. The standard InChI is InChI=1S/C16H23NO4/c1-3-20-15(18)11-13-7-5-12(6-8-13)9-10-14(17)16(19)21-4-2/h5-8,14H,3-4,9-11,17H2,1-2H3. The molecule has 0 aromatic heterocycles. The van der Waals surface area contributed by atoms with Crippen LogP contribution in [-0.2, 0) is 31.9 Å². The highest BCUT2D eigenvalue weighted by Crippen LogP contribution is 2.09. The largest absolute Gasteiger partial charge is 0.466 e. The molecule has 1 atom stereocenters. The number of hydrogen-bond acceptors (Lipinski definition) is 5. The van der Waals surface area contributed by atoms with Crippen LogP contribution in [0.25, 0.3) is 0 Å². The Morgan fingerprint density at radius 2 is 1.62 bits per heavy atom. The molecular formula is C16H23NO4. The smallest absolute Gasteiger partial charge is 0.322 e. The topological polar surface area (TPSA) is 78.6 Å². The molecule has 1 aromatic carbocycles. The van der Waals surface area contributed by atoms with Crippen LogP contribution in [0.1, 0.15) is 31.4 Å². The molecule has 21 heavy (non-hydrogen) atoms. The first-order valence-electron chi connectivity index (χ1n) is 7.22. The third-order valence-corrected chi connectivity index (χ3v) is 3.01. The molecule has 5 heteroatoms. The summed E-state index contributed by atoms with van der Waals surface area (Å²) in [5, 5.41) is 0. The molecule has 0 aliphatic heterocycles. The van der Waals surface area contributed by atoms with Crippen molar-refractivity contribution in [1.29, 1.82) is 0 Å². The van der Waals surface area contributed by atoms with Crippen molar-refractivity contribution in [3.8, 4) is 0 Å². The molecule has 5 nitrogen and oxygen atoms in total. The third-order valence-electron chi connectivity index (χ3n) is 3.01. The van der Waals surface area contributed by atoms with Gasteiger partial charge in [-0.25, -0.2) is 0 Å². The van der Waals surface area contributed by atoms with Gasteiger partial charge in [0.25, 0.3) is 0 Å². The maximum atomic E-state index is 11.4. The summed E-state index contributed by atoms with van der Waals surface area (Å²) < 4.78 is 9.76. The molecule has 0 bridgehead atoms. The lowest BCUT2D eigenvalue weighted by atomic mass is 10.0. The van der Waals surface area contributed by atoms with Gasteiger partial charge in [-0.05, 0) is 37.8 Å². The van der Waals surface area contributed by atoms with Gasteiger partial charge >= 0.3 is 11.9 Å². The van der Waals surface area contributed by atoms with Crippen molar-refractivity contribution >= 4 is 11.9 Å². The first kappa shape index (κ1) is 17.2. The quantitative estimate of drug-likeness (QED) is 0.737. The number of hydrogen-bond donors (Lipinski definition) is 1. The Balaban J connectivity index is 2.44. The number of ether oxygens (including phenoxy) is 2. The molecule has 0 saturated carbocycles. The molecule has 0 heterocycles. The predicted molar refractivity (Wildman–Crippen MR) is 79.7 cm³/mol. The second kappa shape index (κ2) is 9.13. The van der Waals surface area contributed by atoms with Gasteiger partial charge in [-0.15, -0.1) is 0 Å². The Morgan fingerprint density at radius 3 is 2.19 bits per heavy atom. The van der Waals surface area contributed by atoms with Crippen LogP contribution in [0.3, 0.4) is 0 Å². The first-order chi connectivity index (χ1) is 10.1.